The van der Waals surface area contributed by atoms with Gasteiger partial charge in [-0.3, -0.25) is 14.2 Å². The van der Waals surface area contributed by atoms with Crippen molar-refractivity contribution in [1.82, 2.24) is 18.2 Å². The Hall–Kier alpha value is -3.78. The third-order valence-corrected chi connectivity index (χ3v) is 8.01. The lowest BCUT2D eigenvalue weighted by molar-refractivity contribution is -0.144. The Balaban J connectivity index is 1.74. The van der Waals surface area contributed by atoms with Crippen LogP contribution in [-0.4, -0.2) is 27.8 Å². The first-order valence-electron chi connectivity index (χ1n) is 10.2. The largest absolute Gasteiger partial charge is 0.431 e. The van der Waals surface area contributed by atoms with Crippen LogP contribution in [-0.2, 0) is 23.2 Å². The normalized spacial score (nSPS) is 13.0. The lowest BCUT2D eigenvalue weighted by atomic mass is 10.2. The number of hydrogen-bond donors (Lipinski definition) is 1. The van der Waals surface area contributed by atoms with Crippen LogP contribution in [0.2, 0.25) is 0 Å². The molecule has 2 heterocycles. The van der Waals surface area contributed by atoms with E-state index in [-0.39, 0.29) is 16.8 Å². The van der Waals surface area contributed by atoms with E-state index in [9.17, 15) is 36.0 Å². The van der Waals surface area contributed by atoms with E-state index in [2.05, 4.69) is 4.37 Å². The van der Waals surface area contributed by atoms with Gasteiger partial charge < -0.3 is 0 Å². The summed E-state index contributed by atoms with van der Waals surface area (Å²) >= 11 is 0.869. The number of amides is 1. The van der Waals surface area contributed by atoms with E-state index in [0.29, 0.717) is 25.5 Å². The SMILES string of the molecule is CC(c1ccccc1)S(=O)(=O)NC(=O)c1nsc2ccc(-n3c(=O)cc(C(F)(F)F)n(C)c3=O)cc12. The second kappa shape index (κ2) is 9.02. The third-order valence-electron chi connectivity index (χ3n) is 5.51. The molecule has 0 spiro atoms. The summed E-state index contributed by atoms with van der Waals surface area (Å²) in [6, 6.07) is 12.5. The van der Waals surface area contributed by atoms with Crippen molar-refractivity contribution in [3.8, 4) is 5.69 Å². The van der Waals surface area contributed by atoms with Gasteiger partial charge in [0.15, 0.2) is 5.69 Å². The number of nitrogens with zero attached hydrogens (tertiary/aromatic N) is 3. The lowest BCUT2D eigenvalue weighted by Gasteiger charge is -2.14. The number of hydrogen-bond acceptors (Lipinski definition) is 7. The monoisotopic (exact) mass is 538 g/mol. The topological polar surface area (TPSA) is 120 Å². The van der Waals surface area contributed by atoms with E-state index in [0.717, 1.165) is 18.6 Å². The van der Waals surface area contributed by atoms with Crippen LogP contribution < -0.4 is 16.0 Å². The number of alkyl halides is 3. The Labute approximate surface area is 205 Å². The maximum atomic E-state index is 13.1. The van der Waals surface area contributed by atoms with E-state index in [1.165, 1.54) is 25.1 Å². The smallest absolute Gasteiger partial charge is 0.292 e. The summed E-state index contributed by atoms with van der Waals surface area (Å²) in [6.45, 7) is 1.41. The van der Waals surface area contributed by atoms with Crippen LogP contribution in [0.5, 0.6) is 0 Å². The molecule has 4 rings (SSSR count). The standard InChI is InChI=1S/C22H17F3N4O5S2/c1-12(13-6-4-3-5-7-13)36(33,34)27-20(31)19-15-10-14(8-9-16(15)35-26-19)29-18(30)11-17(22(23,24)25)28(2)21(29)32/h3-12H,1-2H3,(H,27,31). The fourth-order valence-corrected chi connectivity index (χ4v) is 5.33. The molecule has 1 N–H and O–H groups in total. The van der Waals surface area contributed by atoms with Crippen molar-refractivity contribution in [3.05, 3.63) is 92.4 Å². The Morgan fingerprint density at radius 2 is 1.75 bits per heavy atom. The molecular formula is C22H17F3N4O5S2. The van der Waals surface area contributed by atoms with Gasteiger partial charge in [0, 0.05) is 18.5 Å². The maximum absolute atomic E-state index is 13.1. The summed E-state index contributed by atoms with van der Waals surface area (Å²) in [5.41, 5.74) is -3.82. The zero-order valence-electron chi connectivity index (χ0n) is 18.6. The minimum Gasteiger partial charge on any atom is -0.292 e. The molecule has 0 radical (unpaired) electrons. The lowest BCUT2D eigenvalue weighted by Crippen LogP contribution is -2.40. The summed E-state index contributed by atoms with van der Waals surface area (Å²) in [7, 11) is -3.28. The van der Waals surface area contributed by atoms with Crippen LogP contribution in [0, 0.1) is 0 Å². The van der Waals surface area contributed by atoms with Gasteiger partial charge in [-0.15, -0.1) is 0 Å². The Morgan fingerprint density at radius 3 is 2.39 bits per heavy atom. The Kier molecular flexibility index (Phi) is 6.34. The second-order valence-corrected chi connectivity index (χ2v) is 10.6. The minimum absolute atomic E-state index is 0.114. The van der Waals surface area contributed by atoms with Crippen molar-refractivity contribution in [2.75, 3.05) is 0 Å². The molecule has 1 unspecified atom stereocenters. The molecule has 0 aliphatic heterocycles. The molecule has 4 aromatic rings. The third kappa shape index (κ3) is 4.56. The van der Waals surface area contributed by atoms with Gasteiger partial charge in [0.2, 0.25) is 10.0 Å². The van der Waals surface area contributed by atoms with Crippen LogP contribution in [0.25, 0.3) is 15.8 Å². The molecule has 0 bridgehead atoms. The number of aromatic nitrogens is 3. The molecule has 1 atom stereocenters. The molecular weight excluding hydrogens is 521 g/mol. The van der Waals surface area contributed by atoms with Crippen molar-refractivity contribution in [3.63, 3.8) is 0 Å². The number of carbonyl (C=O) groups is 1. The van der Waals surface area contributed by atoms with Gasteiger partial charge in [-0.25, -0.2) is 22.5 Å². The van der Waals surface area contributed by atoms with E-state index in [1.807, 2.05) is 4.72 Å². The van der Waals surface area contributed by atoms with Gasteiger partial charge in [-0.05, 0) is 42.2 Å². The molecule has 14 heteroatoms. The molecule has 0 aliphatic rings. The van der Waals surface area contributed by atoms with E-state index in [1.54, 1.807) is 30.3 Å². The number of fused-ring (bicyclic) bond motifs is 1. The van der Waals surface area contributed by atoms with Crippen molar-refractivity contribution < 1.29 is 26.4 Å². The van der Waals surface area contributed by atoms with Crippen molar-refractivity contribution in [2.24, 2.45) is 7.05 Å². The Bertz CT molecular complexity index is 1710. The predicted molar refractivity (Wildman–Crippen MR) is 127 cm³/mol. The van der Waals surface area contributed by atoms with Crippen LogP contribution in [0.3, 0.4) is 0 Å². The molecule has 0 saturated heterocycles. The molecule has 188 valence electrons. The first-order valence-corrected chi connectivity index (χ1v) is 12.5. The first kappa shape index (κ1) is 25.3. The molecule has 2 aromatic carbocycles. The highest BCUT2D eigenvalue weighted by Crippen LogP contribution is 2.28. The molecule has 1 amide bonds. The molecule has 0 aliphatic carbocycles. The number of rotatable bonds is 5. The van der Waals surface area contributed by atoms with Crippen molar-refractivity contribution in [2.45, 2.75) is 18.3 Å². The number of nitrogens with one attached hydrogen (secondary N) is 1. The number of halogens is 3. The molecule has 2 aromatic heterocycles. The average Bonchev–Trinajstić information content (AvgIpc) is 3.24. The summed E-state index contributed by atoms with van der Waals surface area (Å²) in [6.07, 6.45) is -4.92. The highest BCUT2D eigenvalue weighted by Gasteiger charge is 2.35. The quantitative estimate of drug-likeness (QED) is 0.417. The van der Waals surface area contributed by atoms with Gasteiger partial charge >= 0.3 is 11.9 Å². The van der Waals surface area contributed by atoms with E-state index >= 15 is 0 Å². The van der Waals surface area contributed by atoms with Crippen LogP contribution in [0.1, 0.15) is 33.9 Å². The predicted octanol–water partition coefficient (Wildman–Crippen LogP) is 2.99. The summed E-state index contributed by atoms with van der Waals surface area (Å²) < 4.78 is 72.2. The van der Waals surface area contributed by atoms with Gasteiger partial charge in [0.25, 0.3) is 11.5 Å². The highest BCUT2D eigenvalue weighted by molar-refractivity contribution is 7.90. The Morgan fingerprint density at radius 1 is 1.08 bits per heavy atom. The number of sulfonamides is 1. The summed E-state index contributed by atoms with van der Waals surface area (Å²) in [4.78, 5) is 37.9. The molecule has 9 nitrogen and oxygen atoms in total. The van der Waals surface area contributed by atoms with Crippen LogP contribution in [0.15, 0.2) is 64.2 Å². The summed E-state index contributed by atoms with van der Waals surface area (Å²) in [5, 5.41) is -0.941. The number of carbonyl (C=O) groups excluding carboxylic acids is 1. The molecule has 0 saturated carbocycles. The van der Waals surface area contributed by atoms with Gasteiger partial charge in [0.1, 0.15) is 10.9 Å². The fraction of sp³-hybridized carbons (Fsp3) is 0.182. The van der Waals surface area contributed by atoms with Gasteiger partial charge in [0.05, 0.1) is 10.4 Å². The van der Waals surface area contributed by atoms with Gasteiger partial charge in [-0.2, -0.15) is 17.5 Å². The second-order valence-electron chi connectivity index (χ2n) is 7.78. The molecule has 0 fully saturated rings. The van der Waals surface area contributed by atoms with E-state index in [4.69, 9.17) is 0 Å². The van der Waals surface area contributed by atoms with Gasteiger partial charge in [-0.1, -0.05) is 30.3 Å². The highest BCUT2D eigenvalue weighted by atomic mass is 32.2. The van der Waals surface area contributed by atoms with Crippen molar-refractivity contribution >= 4 is 37.5 Å². The molecule has 36 heavy (non-hydrogen) atoms. The summed E-state index contributed by atoms with van der Waals surface area (Å²) in [5.74, 6) is -1.03. The number of benzene rings is 2. The van der Waals surface area contributed by atoms with Crippen molar-refractivity contribution in [1.29, 1.82) is 0 Å². The van der Waals surface area contributed by atoms with Crippen LogP contribution in [0.4, 0.5) is 13.2 Å². The zero-order chi connectivity index (χ0) is 26.4. The maximum Gasteiger partial charge on any atom is 0.431 e. The zero-order valence-corrected chi connectivity index (χ0v) is 20.2. The fourth-order valence-electron chi connectivity index (χ4n) is 3.53. The van der Waals surface area contributed by atoms with E-state index < -0.39 is 44.3 Å². The first-order chi connectivity index (χ1) is 16.8. The average molecular weight is 539 g/mol. The minimum atomic E-state index is -4.92. The van der Waals surface area contributed by atoms with Crippen LogP contribution >= 0.6 is 11.5 Å².